The Hall–Kier alpha value is -1.29. The number of hydrogen-bond acceptors (Lipinski definition) is 3. The average Bonchev–Trinajstić information content (AvgIpc) is 2.72. The molecule has 0 radical (unpaired) electrons. The third-order valence-electron chi connectivity index (χ3n) is 3.17. The summed E-state index contributed by atoms with van der Waals surface area (Å²) in [5.41, 5.74) is 3.40. The predicted octanol–water partition coefficient (Wildman–Crippen LogP) is 1.23. The maximum atomic E-state index is 11.4. The first-order valence-electron chi connectivity index (χ1n) is 5.34. The Labute approximate surface area is 95.3 Å². The number of hydrogen-bond donors (Lipinski definition) is 0. The van der Waals surface area contributed by atoms with Gasteiger partial charge in [0.2, 0.25) is 0 Å². The normalized spacial score (nSPS) is 22.6. The van der Waals surface area contributed by atoms with Crippen LogP contribution in [0.15, 0.2) is 41.5 Å². The van der Waals surface area contributed by atoms with Crippen molar-refractivity contribution in [3.8, 4) is 0 Å². The topological polar surface area (TPSA) is 37.4 Å². The molecule has 0 atom stereocenters. The maximum Gasteiger partial charge on any atom is 0.158 e. The average molecular weight is 235 g/mol. The summed E-state index contributed by atoms with van der Waals surface area (Å²) in [7, 11) is -2.81. The van der Waals surface area contributed by atoms with E-state index in [1.54, 1.807) is 0 Å². The van der Waals surface area contributed by atoms with Gasteiger partial charge in [0.15, 0.2) is 9.84 Å². The molecule has 0 bridgehead atoms. The Morgan fingerprint density at radius 3 is 2.06 bits per heavy atom. The highest BCUT2D eigenvalue weighted by Crippen LogP contribution is 2.30. The maximum absolute atomic E-state index is 11.4. The molecule has 0 spiro atoms. The Balaban J connectivity index is 1.80. The van der Waals surface area contributed by atoms with Crippen molar-refractivity contribution in [2.45, 2.75) is 0 Å². The van der Waals surface area contributed by atoms with E-state index in [0.717, 1.165) is 24.2 Å². The molecule has 0 fully saturated rings. The van der Waals surface area contributed by atoms with Crippen LogP contribution in [0.25, 0.3) is 0 Å². The van der Waals surface area contributed by atoms with E-state index in [-0.39, 0.29) is 11.5 Å². The zero-order chi connectivity index (χ0) is 11.2. The van der Waals surface area contributed by atoms with Crippen LogP contribution in [0.5, 0.6) is 0 Å². The highest BCUT2D eigenvalue weighted by atomic mass is 32.2. The highest BCUT2D eigenvalue weighted by molar-refractivity contribution is 7.92. The molecule has 3 rings (SSSR count). The molecule has 0 N–H and O–H groups in total. The van der Waals surface area contributed by atoms with Gasteiger partial charge in [0.1, 0.15) is 0 Å². The van der Waals surface area contributed by atoms with Crippen molar-refractivity contribution >= 4 is 15.5 Å². The molecular formula is C12H13NO2S. The quantitative estimate of drug-likeness (QED) is 0.687. The number of para-hydroxylation sites is 1. The Kier molecular flexibility index (Phi) is 2.07. The lowest BCUT2D eigenvalue weighted by Gasteiger charge is -2.20. The molecule has 16 heavy (non-hydrogen) atoms. The monoisotopic (exact) mass is 235 g/mol. The van der Waals surface area contributed by atoms with Crippen molar-refractivity contribution in [1.29, 1.82) is 0 Å². The van der Waals surface area contributed by atoms with Gasteiger partial charge in [0.05, 0.1) is 11.5 Å². The van der Waals surface area contributed by atoms with Gasteiger partial charge in [-0.1, -0.05) is 18.2 Å². The van der Waals surface area contributed by atoms with Crippen LogP contribution in [0.3, 0.4) is 0 Å². The fourth-order valence-corrected chi connectivity index (χ4v) is 4.19. The molecule has 0 unspecified atom stereocenters. The third kappa shape index (κ3) is 1.63. The molecule has 0 saturated heterocycles. The van der Waals surface area contributed by atoms with Gasteiger partial charge < -0.3 is 4.90 Å². The Morgan fingerprint density at radius 2 is 1.50 bits per heavy atom. The summed E-state index contributed by atoms with van der Waals surface area (Å²) in [6.07, 6.45) is 0. The lowest BCUT2D eigenvalue weighted by atomic mass is 10.2. The Bertz CT molecular complexity index is 522. The van der Waals surface area contributed by atoms with E-state index in [4.69, 9.17) is 0 Å². The molecule has 84 valence electrons. The molecule has 0 aromatic heterocycles. The molecule has 2 aliphatic rings. The van der Waals surface area contributed by atoms with E-state index in [1.165, 1.54) is 5.69 Å². The number of sulfone groups is 1. The zero-order valence-electron chi connectivity index (χ0n) is 8.89. The second-order valence-corrected chi connectivity index (χ2v) is 6.50. The molecule has 0 saturated carbocycles. The highest BCUT2D eigenvalue weighted by Gasteiger charge is 2.33. The molecule has 3 nitrogen and oxygen atoms in total. The van der Waals surface area contributed by atoms with Gasteiger partial charge in [0.25, 0.3) is 0 Å². The second kappa shape index (κ2) is 3.35. The molecule has 2 aliphatic heterocycles. The predicted molar refractivity (Wildman–Crippen MR) is 64.3 cm³/mol. The van der Waals surface area contributed by atoms with Gasteiger partial charge in [-0.3, -0.25) is 0 Å². The van der Waals surface area contributed by atoms with Crippen LogP contribution in [-0.2, 0) is 9.84 Å². The van der Waals surface area contributed by atoms with E-state index < -0.39 is 9.84 Å². The van der Waals surface area contributed by atoms with Crippen molar-refractivity contribution in [1.82, 2.24) is 0 Å². The Morgan fingerprint density at radius 1 is 0.938 bits per heavy atom. The van der Waals surface area contributed by atoms with Crippen LogP contribution >= 0.6 is 0 Å². The lowest BCUT2D eigenvalue weighted by Crippen LogP contribution is -2.24. The number of rotatable bonds is 1. The minimum atomic E-state index is -2.81. The van der Waals surface area contributed by atoms with Crippen LogP contribution in [0.4, 0.5) is 5.69 Å². The summed E-state index contributed by atoms with van der Waals surface area (Å²) in [6.45, 7) is 1.55. The summed E-state index contributed by atoms with van der Waals surface area (Å²) in [4.78, 5) is 2.24. The van der Waals surface area contributed by atoms with Crippen LogP contribution < -0.4 is 4.90 Å². The van der Waals surface area contributed by atoms with E-state index in [0.29, 0.717) is 0 Å². The summed E-state index contributed by atoms with van der Waals surface area (Å²) in [5.74, 6) is 0.539. The van der Waals surface area contributed by atoms with Crippen LogP contribution in [0.1, 0.15) is 0 Å². The largest absolute Gasteiger partial charge is 0.363 e. The fourth-order valence-electron chi connectivity index (χ4n) is 2.44. The SMILES string of the molecule is O=S1(=O)CC2=C(CN(c3ccccc3)C2)C1. The van der Waals surface area contributed by atoms with Crippen LogP contribution in [0, 0.1) is 0 Å². The third-order valence-corrected chi connectivity index (χ3v) is 4.75. The minimum Gasteiger partial charge on any atom is -0.363 e. The van der Waals surface area contributed by atoms with E-state index in [9.17, 15) is 8.42 Å². The molecule has 1 aromatic carbocycles. The van der Waals surface area contributed by atoms with Gasteiger partial charge in [-0.25, -0.2) is 8.42 Å². The van der Waals surface area contributed by atoms with Crippen LogP contribution in [0.2, 0.25) is 0 Å². The van der Waals surface area contributed by atoms with Crippen molar-refractivity contribution in [3.05, 3.63) is 41.5 Å². The number of anilines is 1. The number of benzene rings is 1. The zero-order valence-corrected chi connectivity index (χ0v) is 9.70. The first-order valence-corrected chi connectivity index (χ1v) is 7.16. The van der Waals surface area contributed by atoms with E-state index in [2.05, 4.69) is 17.0 Å². The van der Waals surface area contributed by atoms with Gasteiger partial charge in [-0.2, -0.15) is 0 Å². The summed E-state index contributed by atoms with van der Waals surface area (Å²) >= 11 is 0. The van der Waals surface area contributed by atoms with Gasteiger partial charge in [-0.05, 0) is 23.3 Å². The van der Waals surface area contributed by atoms with E-state index in [1.807, 2.05) is 18.2 Å². The summed E-state index contributed by atoms with van der Waals surface area (Å²) in [5, 5.41) is 0. The van der Waals surface area contributed by atoms with Gasteiger partial charge in [-0.15, -0.1) is 0 Å². The standard InChI is InChI=1S/C12H13NO2S/c14-16(15)8-10-6-13(7-11(10)9-16)12-4-2-1-3-5-12/h1-5H,6-9H2. The second-order valence-electron chi connectivity index (χ2n) is 4.43. The van der Waals surface area contributed by atoms with Crippen molar-refractivity contribution < 1.29 is 8.42 Å². The molecule has 0 aliphatic carbocycles. The molecule has 2 heterocycles. The summed E-state index contributed by atoms with van der Waals surface area (Å²) in [6, 6.07) is 10.1. The first-order chi connectivity index (χ1) is 7.64. The summed E-state index contributed by atoms with van der Waals surface area (Å²) < 4.78 is 22.9. The van der Waals surface area contributed by atoms with Crippen molar-refractivity contribution in [3.63, 3.8) is 0 Å². The minimum absolute atomic E-state index is 0.270. The number of nitrogens with zero attached hydrogens (tertiary/aromatic N) is 1. The molecule has 4 heteroatoms. The van der Waals surface area contributed by atoms with Crippen LogP contribution in [-0.4, -0.2) is 33.0 Å². The molecular weight excluding hydrogens is 222 g/mol. The van der Waals surface area contributed by atoms with Gasteiger partial charge >= 0.3 is 0 Å². The smallest absolute Gasteiger partial charge is 0.158 e. The molecule has 0 amide bonds. The van der Waals surface area contributed by atoms with Crippen molar-refractivity contribution in [2.75, 3.05) is 29.5 Å². The van der Waals surface area contributed by atoms with Gasteiger partial charge in [0, 0.05) is 18.8 Å². The van der Waals surface area contributed by atoms with E-state index >= 15 is 0 Å². The first kappa shape index (κ1) is 9.90. The lowest BCUT2D eigenvalue weighted by molar-refractivity contribution is 0.602. The fraction of sp³-hybridized carbons (Fsp3) is 0.333. The molecule has 1 aromatic rings. The van der Waals surface area contributed by atoms with Crippen molar-refractivity contribution in [2.24, 2.45) is 0 Å².